The lowest BCUT2D eigenvalue weighted by atomic mass is 10.1. The topological polar surface area (TPSA) is 35.6 Å². The summed E-state index contributed by atoms with van der Waals surface area (Å²) in [5.74, 6) is 0.718. The highest BCUT2D eigenvalue weighted by atomic mass is 15.0. The van der Waals surface area contributed by atoms with E-state index in [4.69, 9.17) is 9.97 Å². The zero-order chi connectivity index (χ0) is 29.0. The van der Waals surface area contributed by atoms with Crippen molar-refractivity contribution in [2.45, 2.75) is 0 Å². The Balaban J connectivity index is 1.32. The van der Waals surface area contributed by atoms with E-state index in [-0.39, 0.29) is 0 Å². The van der Waals surface area contributed by atoms with Crippen LogP contribution in [0.3, 0.4) is 0 Å². The van der Waals surface area contributed by atoms with Gasteiger partial charge in [-0.15, -0.1) is 0 Å². The van der Waals surface area contributed by atoms with E-state index >= 15 is 0 Å². The molecular formula is C40H26N4. The van der Waals surface area contributed by atoms with E-state index in [2.05, 4.69) is 124 Å². The molecule has 44 heavy (non-hydrogen) atoms. The molecule has 0 saturated heterocycles. The second-order valence-electron chi connectivity index (χ2n) is 11.1. The van der Waals surface area contributed by atoms with Gasteiger partial charge in [-0.3, -0.25) is 0 Å². The van der Waals surface area contributed by atoms with Crippen molar-refractivity contribution < 1.29 is 0 Å². The van der Waals surface area contributed by atoms with Gasteiger partial charge in [0.15, 0.2) is 5.82 Å². The van der Waals surface area contributed by atoms with Gasteiger partial charge in [0.25, 0.3) is 0 Å². The first-order valence-electron chi connectivity index (χ1n) is 14.8. The molecule has 0 saturated carbocycles. The molecule has 0 spiro atoms. The van der Waals surface area contributed by atoms with Crippen LogP contribution in [0.1, 0.15) is 0 Å². The molecule has 4 nitrogen and oxygen atoms in total. The maximum atomic E-state index is 4.78. The molecule has 9 rings (SSSR count). The minimum Gasteiger partial charge on any atom is -0.309 e. The van der Waals surface area contributed by atoms with Gasteiger partial charge in [0, 0.05) is 32.8 Å². The molecule has 9 aromatic rings. The summed E-state index contributed by atoms with van der Waals surface area (Å²) in [5.41, 5.74) is 10.1. The van der Waals surface area contributed by atoms with Crippen molar-refractivity contribution in [3.63, 3.8) is 0 Å². The predicted octanol–water partition coefficient (Wildman–Crippen LogP) is 10.0. The standard InChI is InChI=1S/C40H26N4/c1-3-12-27(13-4-1)29-16-11-17-30(22-29)43-36-20-9-7-18-32(36)34-23-35-33-19-8-10-21-37(33)44(39(35)24-38(34)43)31-25-41-40(42-26-31)28-14-5-2-6-15-28/h1-26H. The van der Waals surface area contributed by atoms with Gasteiger partial charge in [-0.05, 0) is 47.5 Å². The molecule has 0 aliphatic rings. The number of para-hydroxylation sites is 2. The van der Waals surface area contributed by atoms with Crippen LogP contribution in [-0.4, -0.2) is 19.1 Å². The third-order valence-electron chi connectivity index (χ3n) is 8.61. The first kappa shape index (κ1) is 24.6. The molecule has 6 aromatic carbocycles. The van der Waals surface area contributed by atoms with Crippen LogP contribution in [0.25, 0.3) is 77.5 Å². The second kappa shape index (κ2) is 9.79. The molecule has 0 aliphatic carbocycles. The van der Waals surface area contributed by atoms with Gasteiger partial charge in [-0.25, -0.2) is 9.97 Å². The van der Waals surface area contributed by atoms with E-state index in [0.29, 0.717) is 0 Å². The van der Waals surface area contributed by atoms with Crippen molar-refractivity contribution in [2.75, 3.05) is 0 Å². The summed E-state index contributed by atoms with van der Waals surface area (Å²) in [7, 11) is 0. The van der Waals surface area contributed by atoms with Gasteiger partial charge in [0.1, 0.15) is 0 Å². The molecule has 4 heteroatoms. The molecule has 0 radical (unpaired) electrons. The Morgan fingerprint density at radius 1 is 0.341 bits per heavy atom. The highest BCUT2D eigenvalue weighted by molar-refractivity contribution is 6.19. The molecule has 0 aliphatic heterocycles. The number of aromatic nitrogens is 4. The Kier molecular flexibility index (Phi) is 5.47. The fourth-order valence-corrected chi connectivity index (χ4v) is 6.62. The van der Waals surface area contributed by atoms with Gasteiger partial charge in [0.2, 0.25) is 0 Å². The van der Waals surface area contributed by atoms with Gasteiger partial charge in [0.05, 0.1) is 40.1 Å². The summed E-state index contributed by atoms with van der Waals surface area (Å²) in [6.07, 6.45) is 3.87. The molecule has 0 atom stereocenters. The maximum absolute atomic E-state index is 4.78. The lowest BCUT2D eigenvalue weighted by Crippen LogP contribution is -1.98. The Morgan fingerprint density at radius 3 is 1.50 bits per heavy atom. The van der Waals surface area contributed by atoms with E-state index in [1.165, 1.54) is 38.2 Å². The molecule has 0 fully saturated rings. The number of hydrogen-bond donors (Lipinski definition) is 0. The summed E-state index contributed by atoms with van der Waals surface area (Å²) in [6.45, 7) is 0. The van der Waals surface area contributed by atoms with Crippen LogP contribution in [0.15, 0.2) is 158 Å². The fourth-order valence-electron chi connectivity index (χ4n) is 6.62. The third-order valence-corrected chi connectivity index (χ3v) is 8.61. The van der Waals surface area contributed by atoms with Crippen molar-refractivity contribution in [3.8, 4) is 33.9 Å². The van der Waals surface area contributed by atoms with E-state index in [1.807, 2.05) is 42.7 Å². The largest absolute Gasteiger partial charge is 0.309 e. The quantitative estimate of drug-likeness (QED) is 0.214. The lowest BCUT2D eigenvalue weighted by Gasteiger charge is -2.11. The van der Waals surface area contributed by atoms with Crippen LogP contribution in [0.4, 0.5) is 0 Å². The first-order chi connectivity index (χ1) is 21.8. The minimum absolute atomic E-state index is 0.718. The average Bonchev–Trinajstić information content (AvgIpc) is 3.60. The molecule has 3 aromatic heterocycles. The molecule has 0 bridgehead atoms. The summed E-state index contributed by atoms with van der Waals surface area (Å²) >= 11 is 0. The smallest absolute Gasteiger partial charge is 0.159 e. The number of benzene rings is 6. The average molecular weight is 563 g/mol. The van der Waals surface area contributed by atoms with Crippen molar-refractivity contribution in [1.82, 2.24) is 19.1 Å². The number of hydrogen-bond acceptors (Lipinski definition) is 2. The maximum Gasteiger partial charge on any atom is 0.159 e. The zero-order valence-corrected chi connectivity index (χ0v) is 23.8. The highest BCUT2D eigenvalue weighted by Crippen LogP contribution is 2.39. The summed E-state index contributed by atoms with van der Waals surface area (Å²) in [4.78, 5) is 9.56. The Labute approximate surface area is 254 Å². The first-order valence-corrected chi connectivity index (χ1v) is 14.8. The van der Waals surface area contributed by atoms with Crippen LogP contribution in [0.5, 0.6) is 0 Å². The van der Waals surface area contributed by atoms with Gasteiger partial charge < -0.3 is 9.13 Å². The van der Waals surface area contributed by atoms with Gasteiger partial charge in [-0.1, -0.05) is 109 Å². The Hall–Kier alpha value is -6.00. The normalized spacial score (nSPS) is 11.6. The number of fused-ring (bicyclic) bond motifs is 6. The monoisotopic (exact) mass is 562 g/mol. The van der Waals surface area contributed by atoms with Crippen LogP contribution in [0.2, 0.25) is 0 Å². The van der Waals surface area contributed by atoms with E-state index < -0.39 is 0 Å². The van der Waals surface area contributed by atoms with Crippen LogP contribution >= 0.6 is 0 Å². The van der Waals surface area contributed by atoms with E-state index in [1.54, 1.807) is 0 Å². The second-order valence-corrected chi connectivity index (χ2v) is 11.1. The minimum atomic E-state index is 0.718. The van der Waals surface area contributed by atoms with Crippen molar-refractivity contribution in [1.29, 1.82) is 0 Å². The summed E-state index contributed by atoms with van der Waals surface area (Å²) in [6, 6.07) is 51.5. The van der Waals surface area contributed by atoms with Crippen molar-refractivity contribution >= 4 is 43.6 Å². The molecule has 0 N–H and O–H groups in total. The fraction of sp³-hybridized carbons (Fsp3) is 0. The SMILES string of the molecule is c1ccc(-c2cccc(-n3c4ccccc4c4cc5c6ccccc6n(-c6cnc(-c7ccccc7)nc6)c5cc43)c2)cc1. The molecule has 3 heterocycles. The van der Waals surface area contributed by atoms with E-state index in [0.717, 1.165) is 39.3 Å². The van der Waals surface area contributed by atoms with Gasteiger partial charge in [-0.2, -0.15) is 0 Å². The predicted molar refractivity (Wildman–Crippen MR) is 182 cm³/mol. The van der Waals surface area contributed by atoms with Gasteiger partial charge >= 0.3 is 0 Å². The molecule has 0 amide bonds. The van der Waals surface area contributed by atoms with Crippen molar-refractivity contribution in [2.24, 2.45) is 0 Å². The molecule has 0 unspecified atom stereocenters. The Morgan fingerprint density at radius 2 is 0.864 bits per heavy atom. The molecular weight excluding hydrogens is 536 g/mol. The van der Waals surface area contributed by atoms with Crippen LogP contribution < -0.4 is 0 Å². The molecule has 206 valence electrons. The lowest BCUT2D eigenvalue weighted by molar-refractivity contribution is 1.08. The highest BCUT2D eigenvalue weighted by Gasteiger charge is 2.19. The van der Waals surface area contributed by atoms with E-state index in [9.17, 15) is 0 Å². The van der Waals surface area contributed by atoms with Crippen LogP contribution in [0, 0.1) is 0 Å². The third kappa shape index (κ3) is 3.78. The van der Waals surface area contributed by atoms with Crippen LogP contribution in [-0.2, 0) is 0 Å². The van der Waals surface area contributed by atoms with Crippen molar-refractivity contribution in [3.05, 3.63) is 158 Å². The zero-order valence-electron chi connectivity index (χ0n) is 23.8. The number of nitrogens with zero attached hydrogens (tertiary/aromatic N) is 4. The number of rotatable bonds is 4. The Bertz CT molecular complexity index is 2470. The summed E-state index contributed by atoms with van der Waals surface area (Å²) in [5, 5.41) is 4.89. The summed E-state index contributed by atoms with van der Waals surface area (Å²) < 4.78 is 4.69.